The molecule has 1 fully saturated rings. The van der Waals surface area contributed by atoms with E-state index in [0.717, 1.165) is 44.8 Å². The minimum absolute atomic E-state index is 0.581. The molecule has 0 amide bonds. The molecule has 1 aromatic carbocycles. The Morgan fingerprint density at radius 2 is 2.08 bits per heavy atom. The highest BCUT2D eigenvalue weighted by Crippen LogP contribution is 2.28. The predicted molar refractivity (Wildman–Crippen MR) is 96.8 cm³/mol. The summed E-state index contributed by atoms with van der Waals surface area (Å²) in [7, 11) is 0. The van der Waals surface area contributed by atoms with Gasteiger partial charge in [0.1, 0.15) is 5.75 Å². The van der Waals surface area contributed by atoms with Crippen LogP contribution < -0.4 is 10.1 Å². The Morgan fingerprint density at radius 3 is 3.00 bits per heavy atom. The van der Waals surface area contributed by atoms with Gasteiger partial charge in [-0.05, 0) is 36.5 Å². The van der Waals surface area contributed by atoms with E-state index in [0.29, 0.717) is 6.04 Å². The number of hydrogen-bond donors (Lipinski definition) is 1. The predicted octanol–water partition coefficient (Wildman–Crippen LogP) is 2.30. The van der Waals surface area contributed by atoms with Crippen LogP contribution in [0.2, 0.25) is 0 Å². The number of ether oxygens (including phenoxy) is 1. The number of piperidine rings is 1. The molecule has 0 saturated carbocycles. The van der Waals surface area contributed by atoms with Crippen molar-refractivity contribution in [2.45, 2.75) is 44.8 Å². The van der Waals surface area contributed by atoms with Crippen molar-refractivity contribution in [3.63, 3.8) is 0 Å². The van der Waals surface area contributed by atoms with E-state index < -0.39 is 0 Å². The lowest BCUT2D eigenvalue weighted by Gasteiger charge is -2.32. The fourth-order valence-corrected chi connectivity index (χ4v) is 4.47. The maximum absolute atomic E-state index is 5.60. The second-order valence-corrected chi connectivity index (χ2v) is 7.53. The number of nitrogens with one attached hydrogen (secondary N) is 1. The molecule has 132 valence electrons. The number of rotatable bonds is 4. The lowest BCUT2D eigenvalue weighted by atomic mass is 10.0. The van der Waals surface area contributed by atoms with Gasteiger partial charge in [-0.1, -0.05) is 12.1 Å². The zero-order valence-corrected chi connectivity index (χ0v) is 14.7. The average molecular weight is 338 g/mol. The summed E-state index contributed by atoms with van der Waals surface area (Å²) >= 11 is 0. The first-order chi connectivity index (χ1) is 12.4. The molecule has 3 aliphatic heterocycles. The molecule has 0 spiro atoms. The first-order valence-electron chi connectivity index (χ1n) is 9.60. The molecule has 1 aromatic heterocycles. The zero-order chi connectivity index (χ0) is 16.6. The van der Waals surface area contributed by atoms with Crippen molar-refractivity contribution in [2.24, 2.45) is 0 Å². The molecule has 0 radical (unpaired) electrons. The fraction of sp³-hybridized carbons (Fsp3) is 0.550. The third-order valence-electron chi connectivity index (χ3n) is 5.97. The minimum atomic E-state index is 0.581. The highest BCUT2D eigenvalue weighted by molar-refractivity contribution is 5.39. The topological polar surface area (TPSA) is 42.3 Å². The van der Waals surface area contributed by atoms with Crippen molar-refractivity contribution >= 4 is 0 Å². The number of fused-ring (bicyclic) bond motifs is 2. The summed E-state index contributed by atoms with van der Waals surface area (Å²) < 4.78 is 7.90. The molecule has 2 aromatic rings. The summed E-state index contributed by atoms with van der Waals surface area (Å²) in [5, 5.41) is 8.09. The number of benzene rings is 1. The van der Waals surface area contributed by atoms with E-state index in [1.54, 1.807) is 0 Å². The standard InChI is InChI=1S/C20H26N4O/c1-2-20-16(6-10-25-20)11-15(1)3-7-23-8-4-18(5-9-23)24-19-14-21-12-17(19)13-22-24/h1-2,11,13,18,21H,3-10,12,14H2. The van der Waals surface area contributed by atoms with Crippen LogP contribution in [0.15, 0.2) is 24.4 Å². The van der Waals surface area contributed by atoms with Crippen LogP contribution in [-0.4, -0.2) is 40.9 Å². The van der Waals surface area contributed by atoms with Crippen molar-refractivity contribution in [3.8, 4) is 5.75 Å². The molecule has 5 heteroatoms. The van der Waals surface area contributed by atoms with Crippen LogP contribution in [0.5, 0.6) is 5.75 Å². The van der Waals surface area contributed by atoms with E-state index in [2.05, 4.69) is 44.4 Å². The van der Waals surface area contributed by atoms with Gasteiger partial charge in [0.05, 0.1) is 24.5 Å². The first kappa shape index (κ1) is 15.4. The Labute approximate surface area is 149 Å². The Kier molecular flexibility index (Phi) is 3.98. The van der Waals surface area contributed by atoms with Crippen molar-refractivity contribution in [1.29, 1.82) is 0 Å². The summed E-state index contributed by atoms with van der Waals surface area (Å²) in [5.41, 5.74) is 5.64. The number of aromatic nitrogens is 2. The van der Waals surface area contributed by atoms with E-state index in [1.165, 1.54) is 48.3 Å². The molecule has 0 unspecified atom stereocenters. The minimum Gasteiger partial charge on any atom is -0.493 e. The van der Waals surface area contributed by atoms with Crippen LogP contribution in [0.3, 0.4) is 0 Å². The van der Waals surface area contributed by atoms with Gasteiger partial charge in [-0.25, -0.2) is 0 Å². The molecular formula is C20H26N4O. The van der Waals surface area contributed by atoms with Gasteiger partial charge in [-0.15, -0.1) is 0 Å². The summed E-state index contributed by atoms with van der Waals surface area (Å²) in [4.78, 5) is 2.61. The van der Waals surface area contributed by atoms with Crippen LogP contribution in [0.4, 0.5) is 0 Å². The maximum Gasteiger partial charge on any atom is 0.122 e. The molecule has 3 aliphatic rings. The monoisotopic (exact) mass is 338 g/mol. The molecule has 1 saturated heterocycles. The zero-order valence-electron chi connectivity index (χ0n) is 14.7. The van der Waals surface area contributed by atoms with Crippen molar-refractivity contribution in [2.75, 3.05) is 26.2 Å². The van der Waals surface area contributed by atoms with Crippen molar-refractivity contribution in [1.82, 2.24) is 20.0 Å². The third kappa shape index (κ3) is 2.96. The average Bonchev–Trinajstić information content (AvgIpc) is 3.36. The van der Waals surface area contributed by atoms with Gasteiger partial charge in [0.2, 0.25) is 0 Å². The third-order valence-corrected chi connectivity index (χ3v) is 5.97. The molecule has 0 aliphatic carbocycles. The molecule has 25 heavy (non-hydrogen) atoms. The Hall–Kier alpha value is -1.85. The molecule has 5 nitrogen and oxygen atoms in total. The van der Waals surface area contributed by atoms with Crippen LogP contribution in [-0.2, 0) is 25.9 Å². The quantitative estimate of drug-likeness (QED) is 0.929. The number of hydrogen-bond acceptors (Lipinski definition) is 4. The SMILES string of the molecule is c1cc2c(cc1CCN1CCC(n3ncc4c3CNC4)CC1)CCO2. The Bertz CT molecular complexity index is 761. The highest BCUT2D eigenvalue weighted by Gasteiger charge is 2.25. The van der Waals surface area contributed by atoms with E-state index in [-0.39, 0.29) is 0 Å². The normalized spacial score (nSPS) is 20.5. The molecule has 1 N–H and O–H groups in total. The molecule has 0 bridgehead atoms. The molecular weight excluding hydrogens is 312 g/mol. The number of nitrogens with zero attached hydrogens (tertiary/aromatic N) is 3. The molecule has 0 atom stereocenters. The second kappa shape index (κ2) is 6.46. The lowest BCUT2D eigenvalue weighted by Crippen LogP contribution is -2.36. The van der Waals surface area contributed by atoms with Gasteiger partial charge < -0.3 is 15.0 Å². The summed E-state index contributed by atoms with van der Waals surface area (Å²) in [6, 6.07) is 7.31. The molecule has 4 heterocycles. The highest BCUT2D eigenvalue weighted by atomic mass is 16.5. The van der Waals surface area contributed by atoms with Gasteiger partial charge >= 0.3 is 0 Å². The van der Waals surface area contributed by atoms with E-state index in [9.17, 15) is 0 Å². The van der Waals surface area contributed by atoms with Gasteiger partial charge in [0.15, 0.2) is 0 Å². The van der Waals surface area contributed by atoms with Gasteiger partial charge in [-0.2, -0.15) is 5.10 Å². The second-order valence-electron chi connectivity index (χ2n) is 7.53. The van der Waals surface area contributed by atoms with Gasteiger partial charge in [0, 0.05) is 44.7 Å². The van der Waals surface area contributed by atoms with Crippen LogP contribution >= 0.6 is 0 Å². The van der Waals surface area contributed by atoms with Crippen molar-refractivity contribution in [3.05, 3.63) is 46.8 Å². The van der Waals surface area contributed by atoms with Crippen LogP contribution in [0.1, 0.15) is 41.3 Å². The first-order valence-corrected chi connectivity index (χ1v) is 9.60. The van der Waals surface area contributed by atoms with Gasteiger partial charge in [0.25, 0.3) is 0 Å². The number of likely N-dealkylation sites (tertiary alicyclic amines) is 1. The Balaban J connectivity index is 1.16. The lowest BCUT2D eigenvalue weighted by molar-refractivity contribution is 0.180. The summed E-state index contributed by atoms with van der Waals surface area (Å²) in [6.45, 7) is 6.34. The Morgan fingerprint density at radius 1 is 1.16 bits per heavy atom. The van der Waals surface area contributed by atoms with Crippen molar-refractivity contribution < 1.29 is 4.74 Å². The van der Waals surface area contributed by atoms with Crippen LogP contribution in [0, 0.1) is 0 Å². The largest absolute Gasteiger partial charge is 0.493 e. The summed E-state index contributed by atoms with van der Waals surface area (Å²) in [5.74, 6) is 1.09. The fourth-order valence-electron chi connectivity index (χ4n) is 4.47. The van der Waals surface area contributed by atoms with E-state index in [1.807, 2.05) is 0 Å². The van der Waals surface area contributed by atoms with Crippen LogP contribution in [0.25, 0.3) is 0 Å². The van der Waals surface area contributed by atoms with E-state index >= 15 is 0 Å². The maximum atomic E-state index is 5.60. The summed E-state index contributed by atoms with van der Waals surface area (Å²) in [6.07, 6.45) is 6.69. The smallest absolute Gasteiger partial charge is 0.122 e. The molecule has 5 rings (SSSR count). The van der Waals surface area contributed by atoms with Gasteiger partial charge in [-0.3, -0.25) is 4.68 Å². The van der Waals surface area contributed by atoms with E-state index in [4.69, 9.17) is 4.74 Å².